The molecule has 0 saturated carbocycles. The lowest BCUT2D eigenvalue weighted by Gasteiger charge is -2.13. The second-order valence-corrected chi connectivity index (χ2v) is 19.7. The van der Waals surface area contributed by atoms with Gasteiger partial charge in [-0.1, -0.05) is 194 Å². The Morgan fingerprint density at radius 1 is 0.253 bits per heavy atom. The predicted octanol–water partition coefficient (Wildman–Crippen LogP) is 17.8. The van der Waals surface area contributed by atoms with Gasteiger partial charge in [0.2, 0.25) is 11.8 Å². The van der Waals surface area contributed by atoms with Crippen LogP contribution in [0.2, 0.25) is 0 Å². The number of aromatic nitrogens is 7. The second-order valence-electron chi connectivity index (χ2n) is 19.7. The molecule has 0 atom stereocenters. The fourth-order valence-corrected chi connectivity index (χ4v) is 11.2. The highest BCUT2D eigenvalue weighted by molar-refractivity contribution is 6.14. The summed E-state index contributed by atoms with van der Waals surface area (Å²) in [6.07, 6.45) is 0. The summed E-state index contributed by atoms with van der Waals surface area (Å²) < 4.78 is 11.4. The number of rotatable bonds is 10. The van der Waals surface area contributed by atoms with E-state index in [1.54, 1.807) is 0 Å². The van der Waals surface area contributed by atoms with E-state index < -0.39 is 0 Å². The average molecular weight is 1010 g/mol. The molecule has 0 aliphatic heterocycles. The van der Waals surface area contributed by atoms with Crippen LogP contribution >= 0.6 is 0 Å². The van der Waals surface area contributed by atoms with E-state index in [-0.39, 0.29) is 0 Å². The monoisotopic (exact) mass is 1010 g/mol. The molecule has 0 N–H and O–H groups in total. The van der Waals surface area contributed by atoms with E-state index in [0.29, 0.717) is 29.3 Å². The van der Waals surface area contributed by atoms with Crippen molar-refractivity contribution in [1.82, 2.24) is 34.3 Å². The molecule has 79 heavy (non-hydrogen) atoms. The minimum atomic E-state index is 0.421. The standard InChI is InChI=1S/C71H45N7O/c1-5-20-46(21-6-1)53-40-54(47-22-7-2-8-23-47)42-55(41-53)50-28-17-30-56(43-50)77-63-36-15-14-33-59(63)62-45-52(38-39-65(62)77)70-75-76-71(79-70)61-35-19-34-60-58-32-13-16-37-64(58)78(66(60)61)57-31-18-29-51(44-57)69-73-67(48-24-9-3-10-25-48)72-68(74-69)49-26-11-4-12-27-49/h1-45H. The minimum absolute atomic E-state index is 0.421. The highest BCUT2D eigenvalue weighted by Crippen LogP contribution is 2.41. The van der Waals surface area contributed by atoms with Gasteiger partial charge in [0, 0.05) is 55.2 Å². The lowest BCUT2D eigenvalue weighted by molar-refractivity contribution is 0.585. The van der Waals surface area contributed by atoms with Gasteiger partial charge < -0.3 is 13.6 Å². The van der Waals surface area contributed by atoms with Gasteiger partial charge in [0.15, 0.2) is 17.5 Å². The van der Waals surface area contributed by atoms with Crippen molar-refractivity contribution in [3.05, 3.63) is 273 Å². The average Bonchev–Trinajstić information content (AvgIpc) is 4.47. The van der Waals surface area contributed by atoms with Crippen LogP contribution in [0.3, 0.4) is 0 Å². The van der Waals surface area contributed by atoms with Crippen LogP contribution in [0.1, 0.15) is 0 Å². The summed E-state index contributed by atoms with van der Waals surface area (Å²) in [7, 11) is 0. The maximum absolute atomic E-state index is 6.79. The Hall–Kier alpha value is -10.8. The quantitative estimate of drug-likeness (QED) is 0.136. The lowest BCUT2D eigenvalue weighted by atomic mass is 9.93. The fraction of sp³-hybridized carbons (Fsp3) is 0. The van der Waals surface area contributed by atoms with E-state index in [2.05, 4.69) is 221 Å². The first kappa shape index (κ1) is 45.6. The molecule has 0 amide bonds. The first-order chi connectivity index (χ1) is 39.1. The van der Waals surface area contributed by atoms with Crippen LogP contribution in [0.5, 0.6) is 0 Å². The van der Waals surface area contributed by atoms with Crippen molar-refractivity contribution >= 4 is 43.6 Å². The summed E-state index contributed by atoms with van der Waals surface area (Å²) >= 11 is 0. The Labute approximate surface area is 454 Å². The molecule has 15 rings (SSSR count). The van der Waals surface area contributed by atoms with Gasteiger partial charge in [-0.05, 0) is 112 Å². The van der Waals surface area contributed by atoms with Crippen LogP contribution in [0.25, 0.3) is 145 Å². The molecule has 4 aromatic heterocycles. The van der Waals surface area contributed by atoms with E-state index in [1.165, 1.54) is 22.3 Å². The van der Waals surface area contributed by atoms with Crippen LogP contribution < -0.4 is 0 Å². The molecule has 0 aliphatic rings. The molecule has 15 aromatic rings. The number of nitrogens with zero attached hydrogens (tertiary/aromatic N) is 7. The molecule has 0 aliphatic carbocycles. The molecule has 8 heteroatoms. The summed E-state index contributed by atoms with van der Waals surface area (Å²) in [4.78, 5) is 15.1. The predicted molar refractivity (Wildman–Crippen MR) is 320 cm³/mol. The van der Waals surface area contributed by atoms with E-state index in [9.17, 15) is 0 Å². The van der Waals surface area contributed by atoms with Crippen molar-refractivity contribution in [2.24, 2.45) is 0 Å². The molecule has 0 radical (unpaired) electrons. The Kier molecular flexibility index (Phi) is 11.0. The zero-order valence-electron chi connectivity index (χ0n) is 42.5. The third kappa shape index (κ3) is 8.14. The van der Waals surface area contributed by atoms with Gasteiger partial charge in [0.05, 0.1) is 27.6 Å². The molecular formula is C71H45N7O. The number of hydrogen-bond acceptors (Lipinski definition) is 6. The number of benzene rings is 11. The van der Waals surface area contributed by atoms with Gasteiger partial charge in [-0.25, -0.2) is 15.0 Å². The number of fused-ring (bicyclic) bond motifs is 6. The molecule has 0 fully saturated rings. The summed E-state index contributed by atoms with van der Waals surface area (Å²) in [5.41, 5.74) is 17.5. The smallest absolute Gasteiger partial charge is 0.250 e. The molecule has 0 saturated heterocycles. The highest BCUT2D eigenvalue weighted by Gasteiger charge is 2.23. The summed E-state index contributed by atoms with van der Waals surface area (Å²) in [5, 5.41) is 13.9. The summed E-state index contributed by atoms with van der Waals surface area (Å²) in [5.74, 6) is 2.65. The minimum Gasteiger partial charge on any atom is -0.416 e. The molecular weight excluding hydrogens is 967 g/mol. The van der Waals surface area contributed by atoms with Crippen molar-refractivity contribution < 1.29 is 4.42 Å². The molecule has 11 aromatic carbocycles. The highest BCUT2D eigenvalue weighted by atomic mass is 16.4. The van der Waals surface area contributed by atoms with Crippen molar-refractivity contribution in [3.63, 3.8) is 0 Å². The third-order valence-electron chi connectivity index (χ3n) is 14.9. The van der Waals surface area contributed by atoms with Gasteiger partial charge in [0.1, 0.15) is 0 Å². The van der Waals surface area contributed by atoms with Crippen molar-refractivity contribution in [2.75, 3.05) is 0 Å². The Balaban J connectivity index is 0.818. The van der Waals surface area contributed by atoms with E-state index in [4.69, 9.17) is 29.6 Å². The first-order valence-corrected chi connectivity index (χ1v) is 26.4. The van der Waals surface area contributed by atoms with Gasteiger partial charge in [-0.15, -0.1) is 10.2 Å². The largest absolute Gasteiger partial charge is 0.416 e. The van der Waals surface area contributed by atoms with Crippen LogP contribution in [-0.4, -0.2) is 34.3 Å². The van der Waals surface area contributed by atoms with E-state index in [0.717, 1.165) is 93.9 Å². The Morgan fingerprint density at radius 2 is 0.684 bits per heavy atom. The van der Waals surface area contributed by atoms with Crippen molar-refractivity contribution in [1.29, 1.82) is 0 Å². The Morgan fingerprint density at radius 3 is 1.30 bits per heavy atom. The van der Waals surface area contributed by atoms with Crippen LogP contribution in [-0.2, 0) is 0 Å². The van der Waals surface area contributed by atoms with Crippen LogP contribution in [0, 0.1) is 0 Å². The van der Waals surface area contributed by atoms with Gasteiger partial charge >= 0.3 is 0 Å². The number of hydrogen-bond donors (Lipinski definition) is 0. The van der Waals surface area contributed by atoms with Gasteiger partial charge in [-0.2, -0.15) is 0 Å². The maximum Gasteiger partial charge on any atom is 0.250 e. The SMILES string of the molecule is c1ccc(-c2cc(-c3ccccc3)cc(-c3cccc(-n4c5ccccc5c5cc(-c6nnc(-c7cccc8c9ccccc9n(-c9cccc(-c%10nc(-c%11ccccc%11)nc(-c%11ccccc%11)n%10)c9)c78)o6)ccc54)c3)c2)cc1. The Bertz CT molecular complexity index is 4660. The zero-order chi connectivity index (χ0) is 52.2. The topological polar surface area (TPSA) is 87.5 Å². The van der Waals surface area contributed by atoms with E-state index >= 15 is 0 Å². The molecule has 0 bridgehead atoms. The van der Waals surface area contributed by atoms with Gasteiger partial charge in [0.25, 0.3) is 0 Å². The fourth-order valence-electron chi connectivity index (χ4n) is 11.2. The van der Waals surface area contributed by atoms with E-state index in [1.807, 2.05) is 60.7 Å². The molecule has 370 valence electrons. The number of para-hydroxylation sites is 3. The van der Waals surface area contributed by atoms with Crippen molar-refractivity contribution in [3.8, 4) is 102 Å². The summed E-state index contributed by atoms with van der Waals surface area (Å²) in [6, 6.07) is 95.3. The van der Waals surface area contributed by atoms with Gasteiger partial charge in [-0.3, -0.25) is 0 Å². The zero-order valence-corrected chi connectivity index (χ0v) is 42.5. The lowest BCUT2D eigenvalue weighted by Crippen LogP contribution is -2.01. The molecule has 0 spiro atoms. The third-order valence-corrected chi connectivity index (χ3v) is 14.9. The molecule has 4 heterocycles. The normalized spacial score (nSPS) is 11.5. The second kappa shape index (κ2) is 19.1. The maximum atomic E-state index is 6.79. The first-order valence-electron chi connectivity index (χ1n) is 26.4. The molecule has 0 unspecified atom stereocenters. The van der Waals surface area contributed by atoms with Crippen molar-refractivity contribution in [2.45, 2.75) is 0 Å². The van der Waals surface area contributed by atoms with Crippen LogP contribution in [0.4, 0.5) is 0 Å². The summed E-state index contributed by atoms with van der Waals surface area (Å²) in [6.45, 7) is 0. The molecule has 8 nitrogen and oxygen atoms in total. The van der Waals surface area contributed by atoms with Crippen LogP contribution in [0.15, 0.2) is 277 Å².